The van der Waals surface area contributed by atoms with E-state index in [4.69, 9.17) is 4.74 Å². The molecule has 1 saturated heterocycles. The van der Waals surface area contributed by atoms with Gasteiger partial charge in [0, 0.05) is 31.7 Å². The summed E-state index contributed by atoms with van der Waals surface area (Å²) in [7, 11) is 1.87. The van der Waals surface area contributed by atoms with Crippen LogP contribution in [-0.4, -0.2) is 49.3 Å². The zero-order chi connectivity index (χ0) is 14.1. The highest BCUT2D eigenvalue weighted by atomic mass is 32.2. The third-order valence-electron chi connectivity index (χ3n) is 3.89. The van der Waals surface area contributed by atoms with Crippen molar-refractivity contribution in [2.24, 2.45) is 5.41 Å². The van der Waals surface area contributed by atoms with Gasteiger partial charge in [-0.25, -0.2) is 0 Å². The van der Waals surface area contributed by atoms with E-state index in [-0.39, 0.29) is 0 Å². The summed E-state index contributed by atoms with van der Waals surface area (Å²) < 4.78 is 5.63. The quantitative estimate of drug-likeness (QED) is 0.668. The maximum absolute atomic E-state index is 5.63. The van der Waals surface area contributed by atoms with Gasteiger partial charge in [0.1, 0.15) is 0 Å². The molecule has 0 unspecified atom stereocenters. The number of rotatable bonds is 8. The number of hydrogen-bond donors (Lipinski definition) is 0. The van der Waals surface area contributed by atoms with E-state index in [1.807, 2.05) is 7.11 Å². The highest BCUT2D eigenvalue weighted by Gasteiger charge is 2.14. The van der Waals surface area contributed by atoms with Crippen LogP contribution in [0.15, 0.2) is 0 Å². The Morgan fingerprint density at radius 3 is 2.32 bits per heavy atom. The molecule has 1 aliphatic heterocycles. The second kappa shape index (κ2) is 9.25. The molecule has 0 aromatic heterocycles. The fraction of sp³-hybridized carbons (Fsp3) is 1.00. The largest absolute Gasteiger partial charge is 0.381 e. The van der Waals surface area contributed by atoms with Crippen molar-refractivity contribution in [2.45, 2.75) is 59.0 Å². The SMILES string of the molecule is CO[C@H](CCCN1CCSCC1)CCCC(C)(C)C. The lowest BCUT2D eigenvalue weighted by Crippen LogP contribution is -2.33. The Morgan fingerprint density at radius 1 is 1.11 bits per heavy atom. The number of nitrogens with zero attached hydrogens (tertiary/aromatic N) is 1. The van der Waals surface area contributed by atoms with Gasteiger partial charge in [0.2, 0.25) is 0 Å². The van der Waals surface area contributed by atoms with Crippen LogP contribution < -0.4 is 0 Å². The Bertz CT molecular complexity index is 221. The fourth-order valence-electron chi connectivity index (χ4n) is 2.61. The topological polar surface area (TPSA) is 12.5 Å². The van der Waals surface area contributed by atoms with Gasteiger partial charge < -0.3 is 9.64 Å². The van der Waals surface area contributed by atoms with Crippen LogP contribution in [0.5, 0.6) is 0 Å². The first-order valence-corrected chi connectivity index (χ1v) is 8.99. The molecule has 0 amide bonds. The van der Waals surface area contributed by atoms with Crippen LogP contribution in [0, 0.1) is 5.41 Å². The standard InChI is InChI=1S/C16H33NOS/c1-16(2,3)9-5-7-15(18-4)8-6-10-17-11-13-19-14-12-17/h15H,5-14H2,1-4H3/t15-/m0/s1. The monoisotopic (exact) mass is 287 g/mol. The fourth-order valence-corrected chi connectivity index (χ4v) is 3.59. The average Bonchev–Trinajstić information content (AvgIpc) is 2.37. The highest BCUT2D eigenvalue weighted by molar-refractivity contribution is 7.99. The number of methoxy groups -OCH3 is 1. The van der Waals surface area contributed by atoms with Gasteiger partial charge in [0.15, 0.2) is 0 Å². The molecule has 0 N–H and O–H groups in total. The number of ether oxygens (including phenoxy) is 1. The molecule has 19 heavy (non-hydrogen) atoms. The van der Waals surface area contributed by atoms with Crippen LogP contribution in [0.4, 0.5) is 0 Å². The zero-order valence-electron chi connectivity index (χ0n) is 13.4. The minimum atomic E-state index is 0.462. The van der Waals surface area contributed by atoms with Crippen molar-refractivity contribution >= 4 is 11.8 Å². The Balaban J connectivity index is 2.07. The Labute approximate surface area is 124 Å². The summed E-state index contributed by atoms with van der Waals surface area (Å²) in [4.78, 5) is 2.61. The first kappa shape index (κ1) is 17.3. The van der Waals surface area contributed by atoms with Gasteiger partial charge >= 0.3 is 0 Å². The molecule has 0 aliphatic carbocycles. The van der Waals surface area contributed by atoms with E-state index in [1.165, 1.54) is 63.2 Å². The lowest BCUT2D eigenvalue weighted by atomic mass is 9.89. The summed E-state index contributed by atoms with van der Waals surface area (Å²) in [6.45, 7) is 10.8. The summed E-state index contributed by atoms with van der Waals surface area (Å²) in [5.41, 5.74) is 0.462. The lowest BCUT2D eigenvalue weighted by Gasteiger charge is -2.27. The molecule has 3 heteroatoms. The van der Waals surface area contributed by atoms with E-state index >= 15 is 0 Å². The third-order valence-corrected chi connectivity index (χ3v) is 4.83. The van der Waals surface area contributed by atoms with E-state index < -0.39 is 0 Å². The Hall–Kier alpha value is 0.270. The summed E-state index contributed by atoms with van der Waals surface area (Å²) in [5, 5.41) is 0. The first-order valence-electron chi connectivity index (χ1n) is 7.84. The summed E-state index contributed by atoms with van der Waals surface area (Å²) in [5.74, 6) is 2.64. The molecule has 2 nitrogen and oxygen atoms in total. The highest BCUT2D eigenvalue weighted by Crippen LogP contribution is 2.23. The Morgan fingerprint density at radius 2 is 1.74 bits per heavy atom. The van der Waals surface area contributed by atoms with Crippen molar-refractivity contribution in [1.29, 1.82) is 0 Å². The van der Waals surface area contributed by atoms with Crippen LogP contribution in [-0.2, 0) is 4.74 Å². The molecule has 114 valence electrons. The summed E-state index contributed by atoms with van der Waals surface area (Å²) in [6.07, 6.45) is 6.81. The van der Waals surface area contributed by atoms with E-state index in [9.17, 15) is 0 Å². The molecule has 0 bridgehead atoms. The zero-order valence-corrected chi connectivity index (χ0v) is 14.2. The average molecular weight is 288 g/mol. The molecule has 1 rings (SSSR count). The van der Waals surface area contributed by atoms with Gasteiger partial charge in [-0.05, 0) is 37.6 Å². The van der Waals surface area contributed by atoms with Gasteiger partial charge in [-0.2, -0.15) is 11.8 Å². The van der Waals surface area contributed by atoms with Crippen LogP contribution in [0.1, 0.15) is 52.9 Å². The predicted octanol–water partition coefficient (Wildman–Crippen LogP) is 4.05. The van der Waals surface area contributed by atoms with Gasteiger partial charge in [-0.1, -0.05) is 27.2 Å². The van der Waals surface area contributed by atoms with Crippen LogP contribution in [0.2, 0.25) is 0 Å². The molecular formula is C16H33NOS. The normalized spacial score (nSPS) is 19.6. The van der Waals surface area contributed by atoms with Crippen molar-refractivity contribution in [3.05, 3.63) is 0 Å². The van der Waals surface area contributed by atoms with Crippen molar-refractivity contribution in [2.75, 3.05) is 38.2 Å². The second-order valence-electron chi connectivity index (χ2n) is 6.91. The molecule has 1 aliphatic rings. The molecule has 1 fully saturated rings. The minimum Gasteiger partial charge on any atom is -0.381 e. The van der Waals surface area contributed by atoms with E-state index in [1.54, 1.807) is 0 Å². The smallest absolute Gasteiger partial charge is 0.0571 e. The number of hydrogen-bond acceptors (Lipinski definition) is 3. The second-order valence-corrected chi connectivity index (χ2v) is 8.13. The molecule has 0 saturated carbocycles. The van der Waals surface area contributed by atoms with Crippen LogP contribution >= 0.6 is 11.8 Å². The molecule has 0 spiro atoms. The van der Waals surface area contributed by atoms with Crippen LogP contribution in [0.3, 0.4) is 0 Å². The van der Waals surface area contributed by atoms with Gasteiger partial charge in [0.05, 0.1) is 6.10 Å². The lowest BCUT2D eigenvalue weighted by molar-refractivity contribution is 0.0786. The number of thioether (sulfide) groups is 1. The third kappa shape index (κ3) is 8.93. The van der Waals surface area contributed by atoms with Gasteiger partial charge in [-0.3, -0.25) is 0 Å². The maximum Gasteiger partial charge on any atom is 0.0571 e. The van der Waals surface area contributed by atoms with Crippen LogP contribution in [0.25, 0.3) is 0 Å². The van der Waals surface area contributed by atoms with Crippen molar-refractivity contribution in [1.82, 2.24) is 4.90 Å². The molecule has 1 atom stereocenters. The molecular weight excluding hydrogens is 254 g/mol. The maximum atomic E-state index is 5.63. The van der Waals surface area contributed by atoms with E-state index in [2.05, 4.69) is 37.4 Å². The van der Waals surface area contributed by atoms with E-state index in [0.29, 0.717) is 11.5 Å². The molecule has 0 aromatic rings. The Kier molecular flexibility index (Phi) is 8.43. The van der Waals surface area contributed by atoms with E-state index in [0.717, 1.165) is 0 Å². The summed E-state index contributed by atoms with van der Waals surface area (Å²) in [6, 6.07) is 0. The molecule has 1 heterocycles. The van der Waals surface area contributed by atoms with Crippen molar-refractivity contribution in [3.63, 3.8) is 0 Å². The molecule has 0 radical (unpaired) electrons. The summed E-state index contributed by atoms with van der Waals surface area (Å²) >= 11 is 2.09. The predicted molar refractivity (Wildman–Crippen MR) is 87.1 cm³/mol. The van der Waals surface area contributed by atoms with Gasteiger partial charge in [-0.15, -0.1) is 0 Å². The van der Waals surface area contributed by atoms with Gasteiger partial charge in [0.25, 0.3) is 0 Å². The molecule has 0 aromatic carbocycles. The minimum absolute atomic E-state index is 0.462. The van der Waals surface area contributed by atoms with Crippen molar-refractivity contribution in [3.8, 4) is 0 Å². The van der Waals surface area contributed by atoms with Crippen molar-refractivity contribution < 1.29 is 4.74 Å². The first-order chi connectivity index (χ1) is 9.01.